The number of benzene rings is 2. The summed E-state index contributed by atoms with van der Waals surface area (Å²) in [5.74, 6) is -1.51. The van der Waals surface area contributed by atoms with Crippen LogP contribution in [-0.2, 0) is 4.74 Å². The van der Waals surface area contributed by atoms with Crippen LogP contribution >= 0.6 is 0 Å². The van der Waals surface area contributed by atoms with E-state index in [1.54, 1.807) is 25.1 Å². The highest BCUT2D eigenvalue weighted by Crippen LogP contribution is 2.36. The van der Waals surface area contributed by atoms with Gasteiger partial charge in [-0.3, -0.25) is 4.79 Å². The van der Waals surface area contributed by atoms with Crippen LogP contribution in [0, 0.1) is 5.95 Å². The van der Waals surface area contributed by atoms with Gasteiger partial charge in [0.1, 0.15) is 17.0 Å². The zero-order chi connectivity index (χ0) is 21.8. The van der Waals surface area contributed by atoms with E-state index in [0.29, 0.717) is 11.5 Å². The molecule has 0 unspecified atom stereocenters. The summed E-state index contributed by atoms with van der Waals surface area (Å²) in [7, 11) is 4.31. The van der Waals surface area contributed by atoms with Crippen molar-refractivity contribution in [2.45, 2.75) is 6.92 Å². The molecule has 0 atom stereocenters. The molecule has 0 radical (unpaired) electrons. The number of aromatic nitrogens is 1. The van der Waals surface area contributed by atoms with Gasteiger partial charge in [-0.2, -0.15) is 4.39 Å². The summed E-state index contributed by atoms with van der Waals surface area (Å²) in [6, 6.07) is 9.32. The van der Waals surface area contributed by atoms with Crippen LogP contribution in [-0.4, -0.2) is 44.7 Å². The zero-order valence-corrected chi connectivity index (χ0v) is 16.9. The normalized spacial score (nSPS) is 10.6. The Morgan fingerprint density at radius 3 is 2.23 bits per heavy atom. The maximum Gasteiger partial charge on any atom is 0.343 e. The lowest BCUT2D eigenvalue weighted by molar-refractivity contribution is 0.0522. The van der Waals surface area contributed by atoms with Gasteiger partial charge in [-0.15, -0.1) is 0 Å². The quantitative estimate of drug-likeness (QED) is 0.331. The predicted octanol–water partition coefficient (Wildman–Crippen LogP) is 3.81. The molecule has 1 heterocycles. The van der Waals surface area contributed by atoms with Gasteiger partial charge >= 0.3 is 5.97 Å². The predicted molar refractivity (Wildman–Crippen MR) is 107 cm³/mol. The first-order valence-electron chi connectivity index (χ1n) is 9.06. The molecule has 0 amide bonds. The Bertz CT molecular complexity index is 1130. The summed E-state index contributed by atoms with van der Waals surface area (Å²) in [6.45, 7) is 1.66. The molecule has 0 spiro atoms. The largest absolute Gasteiger partial charge is 0.497 e. The summed E-state index contributed by atoms with van der Waals surface area (Å²) in [5.41, 5.74) is -0.305. The third-order valence-electron chi connectivity index (χ3n) is 4.49. The average Bonchev–Trinajstić information content (AvgIpc) is 2.77. The van der Waals surface area contributed by atoms with Gasteiger partial charge in [0.05, 0.1) is 27.9 Å². The Kier molecular flexibility index (Phi) is 6.15. The van der Waals surface area contributed by atoms with Crippen molar-refractivity contribution in [2.24, 2.45) is 0 Å². The van der Waals surface area contributed by atoms with E-state index in [-0.39, 0.29) is 39.9 Å². The van der Waals surface area contributed by atoms with Crippen LogP contribution in [0.1, 0.15) is 33.3 Å². The van der Waals surface area contributed by atoms with Gasteiger partial charge in [0, 0.05) is 16.3 Å². The molecule has 30 heavy (non-hydrogen) atoms. The molecule has 2 aromatic carbocycles. The standard InChI is InChI=1S/C22H20FNO6/c1-5-30-22(26)18-14-10-16(28-3)17(29-4)11-15(14)19(24-21(18)23)20(25)12-7-6-8-13(9-12)27-2/h6-11H,5H2,1-4H3. The molecule has 0 aliphatic carbocycles. The first-order valence-corrected chi connectivity index (χ1v) is 9.06. The number of pyridine rings is 1. The highest BCUT2D eigenvalue weighted by molar-refractivity contribution is 6.18. The highest BCUT2D eigenvalue weighted by Gasteiger charge is 2.26. The molecule has 0 saturated carbocycles. The molecule has 7 nitrogen and oxygen atoms in total. The van der Waals surface area contributed by atoms with Gasteiger partial charge in [0.15, 0.2) is 11.5 Å². The van der Waals surface area contributed by atoms with Crippen LogP contribution in [0.4, 0.5) is 4.39 Å². The summed E-state index contributed by atoms with van der Waals surface area (Å²) >= 11 is 0. The maximum absolute atomic E-state index is 14.9. The number of esters is 1. The van der Waals surface area contributed by atoms with E-state index >= 15 is 0 Å². The van der Waals surface area contributed by atoms with Crippen LogP contribution in [0.2, 0.25) is 0 Å². The number of ketones is 1. The molecule has 1 aromatic heterocycles. The highest BCUT2D eigenvalue weighted by atomic mass is 19.1. The molecular weight excluding hydrogens is 393 g/mol. The van der Waals surface area contributed by atoms with E-state index in [2.05, 4.69) is 4.98 Å². The van der Waals surface area contributed by atoms with E-state index in [1.807, 2.05) is 0 Å². The molecule has 8 heteroatoms. The third-order valence-corrected chi connectivity index (χ3v) is 4.49. The summed E-state index contributed by atoms with van der Waals surface area (Å²) < 4.78 is 35.6. The topological polar surface area (TPSA) is 84.0 Å². The van der Waals surface area contributed by atoms with Crippen molar-refractivity contribution in [3.8, 4) is 17.2 Å². The summed E-state index contributed by atoms with van der Waals surface area (Å²) in [6.07, 6.45) is 0. The third kappa shape index (κ3) is 3.76. The lowest BCUT2D eigenvalue weighted by atomic mass is 9.98. The maximum atomic E-state index is 14.9. The Labute approximate surface area is 172 Å². The van der Waals surface area contributed by atoms with Crippen molar-refractivity contribution >= 4 is 22.5 Å². The van der Waals surface area contributed by atoms with E-state index in [1.165, 1.54) is 39.5 Å². The van der Waals surface area contributed by atoms with Crippen LogP contribution in [0.15, 0.2) is 36.4 Å². The number of hydrogen-bond donors (Lipinski definition) is 0. The molecule has 0 N–H and O–H groups in total. The van der Waals surface area contributed by atoms with Gasteiger partial charge in [0.2, 0.25) is 11.7 Å². The number of nitrogens with zero attached hydrogens (tertiary/aromatic N) is 1. The molecule has 0 fully saturated rings. The first-order chi connectivity index (χ1) is 14.4. The lowest BCUT2D eigenvalue weighted by Crippen LogP contribution is -2.14. The number of carbonyl (C=O) groups excluding carboxylic acids is 2. The monoisotopic (exact) mass is 413 g/mol. The SMILES string of the molecule is CCOC(=O)c1c(F)nc(C(=O)c2cccc(OC)c2)c2cc(OC)c(OC)cc12. The molecule has 3 rings (SSSR count). The molecule has 0 saturated heterocycles. The minimum Gasteiger partial charge on any atom is -0.497 e. The van der Waals surface area contributed by atoms with Crippen LogP contribution in [0.5, 0.6) is 17.2 Å². The fourth-order valence-corrected chi connectivity index (χ4v) is 3.08. The second kappa shape index (κ2) is 8.77. The summed E-state index contributed by atoms with van der Waals surface area (Å²) in [4.78, 5) is 29.4. The molecule has 0 bridgehead atoms. The van der Waals surface area contributed by atoms with E-state index in [9.17, 15) is 14.0 Å². The Balaban J connectivity index is 2.32. The van der Waals surface area contributed by atoms with Crippen molar-refractivity contribution < 1.29 is 32.9 Å². The van der Waals surface area contributed by atoms with Crippen molar-refractivity contribution in [3.63, 3.8) is 0 Å². The van der Waals surface area contributed by atoms with E-state index in [4.69, 9.17) is 18.9 Å². The number of hydrogen-bond acceptors (Lipinski definition) is 7. The van der Waals surface area contributed by atoms with Gasteiger partial charge < -0.3 is 18.9 Å². The average molecular weight is 413 g/mol. The number of rotatable bonds is 7. The fraction of sp³-hybridized carbons (Fsp3) is 0.227. The Hall–Kier alpha value is -3.68. The van der Waals surface area contributed by atoms with Crippen molar-refractivity contribution in [1.29, 1.82) is 0 Å². The van der Waals surface area contributed by atoms with Gasteiger partial charge in [-0.25, -0.2) is 9.78 Å². The molecule has 0 aliphatic heterocycles. The number of halogens is 1. The number of carbonyl (C=O) groups is 2. The van der Waals surface area contributed by atoms with Gasteiger partial charge in [0.25, 0.3) is 0 Å². The molecular formula is C22H20FNO6. The lowest BCUT2D eigenvalue weighted by Gasteiger charge is -2.14. The number of methoxy groups -OCH3 is 3. The second-order valence-electron chi connectivity index (χ2n) is 6.16. The van der Waals surface area contributed by atoms with Crippen molar-refractivity contribution in [1.82, 2.24) is 4.98 Å². The van der Waals surface area contributed by atoms with Crippen LogP contribution in [0.3, 0.4) is 0 Å². The molecule has 156 valence electrons. The first kappa shape index (κ1) is 21.0. The Morgan fingerprint density at radius 2 is 1.63 bits per heavy atom. The minimum atomic E-state index is -1.11. The second-order valence-corrected chi connectivity index (χ2v) is 6.16. The molecule has 0 aliphatic rings. The zero-order valence-electron chi connectivity index (χ0n) is 16.9. The molecule has 3 aromatic rings. The smallest absolute Gasteiger partial charge is 0.343 e. The van der Waals surface area contributed by atoms with Crippen molar-refractivity contribution in [3.05, 3.63) is 59.2 Å². The van der Waals surface area contributed by atoms with E-state index < -0.39 is 17.7 Å². The van der Waals surface area contributed by atoms with Crippen LogP contribution in [0.25, 0.3) is 10.8 Å². The van der Waals surface area contributed by atoms with Gasteiger partial charge in [-0.1, -0.05) is 12.1 Å². The number of ether oxygens (including phenoxy) is 4. The fourth-order valence-electron chi connectivity index (χ4n) is 3.08. The van der Waals surface area contributed by atoms with Gasteiger partial charge in [-0.05, 0) is 31.2 Å². The number of fused-ring (bicyclic) bond motifs is 1. The summed E-state index contributed by atoms with van der Waals surface area (Å²) in [5, 5.41) is 0.356. The van der Waals surface area contributed by atoms with E-state index in [0.717, 1.165) is 0 Å². The van der Waals surface area contributed by atoms with Crippen molar-refractivity contribution in [2.75, 3.05) is 27.9 Å². The Morgan fingerprint density at radius 1 is 0.967 bits per heavy atom. The minimum absolute atomic E-state index is 0.0531. The van der Waals surface area contributed by atoms with Crippen LogP contribution < -0.4 is 14.2 Å².